The fourth-order valence-corrected chi connectivity index (χ4v) is 3.29. The van der Waals surface area contributed by atoms with E-state index in [9.17, 15) is 9.18 Å². The van der Waals surface area contributed by atoms with Crippen LogP contribution in [0.4, 0.5) is 4.39 Å². The number of nitrogens with zero attached hydrogens (tertiary/aromatic N) is 3. The molecule has 0 aliphatic rings. The lowest BCUT2D eigenvalue weighted by molar-refractivity contribution is 0.0950. The van der Waals surface area contributed by atoms with Crippen molar-refractivity contribution in [3.05, 3.63) is 81.6 Å². The summed E-state index contributed by atoms with van der Waals surface area (Å²) in [5, 5.41) is 12.0. The Labute approximate surface area is 155 Å². The van der Waals surface area contributed by atoms with Gasteiger partial charge in [-0.25, -0.2) is 4.39 Å². The average molecular weight is 370 g/mol. The van der Waals surface area contributed by atoms with Gasteiger partial charge in [0.15, 0.2) is 0 Å². The summed E-state index contributed by atoms with van der Waals surface area (Å²) >= 11 is 1.28. The van der Waals surface area contributed by atoms with Crippen molar-refractivity contribution >= 4 is 17.2 Å². The Balaban J connectivity index is 1.51. The van der Waals surface area contributed by atoms with Crippen LogP contribution in [0.15, 0.2) is 54.6 Å². The van der Waals surface area contributed by atoms with Crippen molar-refractivity contribution in [2.75, 3.05) is 7.05 Å². The van der Waals surface area contributed by atoms with Gasteiger partial charge in [0.25, 0.3) is 5.91 Å². The predicted molar refractivity (Wildman–Crippen MR) is 99.1 cm³/mol. The van der Waals surface area contributed by atoms with Crippen molar-refractivity contribution in [1.29, 1.82) is 0 Å². The van der Waals surface area contributed by atoms with Crippen molar-refractivity contribution in [3.63, 3.8) is 0 Å². The van der Waals surface area contributed by atoms with E-state index in [2.05, 4.69) is 32.5 Å². The van der Waals surface area contributed by atoms with Gasteiger partial charge in [-0.3, -0.25) is 9.69 Å². The van der Waals surface area contributed by atoms with Crippen molar-refractivity contribution < 1.29 is 9.18 Å². The Morgan fingerprint density at radius 3 is 2.50 bits per heavy atom. The number of carbonyl (C=O) groups is 1. The van der Waals surface area contributed by atoms with Gasteiger partial charge in [-0.05, 0) is 30.3 Å². The summed E-state index contributed by atoms with van der Waals surface area (Å²) in [6.07, 6.45) is 0. The first kappa shape index (κ1) is 18.2. The number of aromatic nitrogens is 2. The number of benzene rings is 2. The molecular formula is C19H19FN4OS. The molecule has 0 spiro atoms. The Morgan fingerprint density at radius 2 is 1.77 bits per heavy atom. The molecule has 0 aliphatic heterocycles. The van der Waals surface area contributed by atoms with Gasteiger partial charge in [-0.1, -0.05) is 53.8 Å². The van der Waals surface area contributed by atoms with Crippen LogP contribution < -0.4 is 5.32 Å². The second-order valence-electron chi connectivity index (χ2n) is 5.97. The number of rotatable bonds is 7. The fraction of sp³-hybridized carbons (Fsp3) is 0.211. The van der Waals surface area contributed by atoms with E-state index < -0.39 is 0 Å². The molecule has 0 saturated carbocycles. The van der Waals surface area contributed by atoms with Gasteiger partial charge in [0.1, 0.15) is 10.8 Å². The SMILES string of the molecule is CN(Cc1ccccc1)Cc1nnc(C(=O)NCc2ccc(F)cc2)s1. The second kappa shape index (κ2) is 8.64. The molecule has 0 radical (unpaired) electrons. The Bertz CT molecular complexity index is 851. The molecular weight excluding hydrogens is 351 g/mol. The Kier molecular flexibility index (Phi) is 6.04. The summed E-state index contributed by atoms with van der Waals surface area (Å²) in [6.45, 7) is 1.74. The molecule has 1 amide bonds. The summed E-state index contributed by atoms with van der Waals surface area (Å²) in [6, 6.07) is 16.2. The molecule has 5 nitrogen and oxygen atoms in total. The van der Waals surface area contributed by atoms with Crippen LogP contribution in [0.3, 0.4) is 0 Å². The highest BCUT2D eigenvalue weighted by molar-refractivity contribution is 7.13. The second-order valence-corrected chi connectivity index (χ2v) is 7.03. The average Bonchev–Trinajstić information content (AvgIpc) is 3.10. The number of nitrogens with one attached hydrogen (secondary N) is 1. The molecule has 0 bridgehead atoms. The van der Waals surface area contributed by atoms with Gasteiger partial charge in [0.2, 0.25) is 5.01 Å². The van der Waals surface area contributed by atoms with E-state index in [-0.39, 0.29) is 11.7 Å². The van der Waals surface area contributed by atoms with E-state index in [1.54, 1.807) is 12.1 Å². The van der Waals surface area contributed by atoms with Crippen LogP contribution >= 0.6 is 11.3 Å². The molecule has 3 rings (SSSR count). The van der Waals surface area contributed by atoms with E-state index in [1.807, 2.05) is 25.2 Å². The topological polar surface area (TPSA) is 58.1 Å². The van der Waals surface area contributed by atoms with E-state index in [1.165, 1.54) is 29.0 Å². The lowest BCUT2D eigenvalue weighted by Gasteiger charge is -2.14. The first-order chi connectivity index (χ1) is 12.6. The first-order valence-electron chi connectivity index (χ1n) is 8.17. The normalized spacial score (nSPS) is 10.9. The minimum atomic E-state index is -0.298. The summed E-state index contributed by atoms with van der Waals surface area (Å²) in [4.78, 5) is 14.3. The van der Waals surface area contributed by atoms with Gasteiger partial charge in [0, 0.05) is 13.1 Å². The molecule has 0 atom stereocenters. The zero-order valence-electron chi connectivity index (χ0n) is 14.4. The van der Waals surface area contributed by atoms with Crippen molar-refractivity contribution in [2.45, 2.75) is 19.6 Å². The van der Waals surface area contributed by atoms with E-state index in [0.29, 0.717) is 18.1 Å². The number of hydrogen-bond acceptors (Lipinski definition) is 5. The Morgan fingerprint density at radius 1 is 1.04 bits per heavy atom. The maximum absolute atomic E-state index is 12.9. The maximum Gasteiger partial charge on any atom is 0.282 e. The van der Waals surface area contributed by atoms with Crippen LogP contribution in [0.2, 0.25) is 0 Å². The minimum Gasteiger partial charge on any atom is -0.346 e. The standard InChI is InChI=1S/C19H19FN4OS/c1-24(12-15-5-3-2-4-6-15)13-17-22-23-19(26-17)18(25)21-11-14-7-9-16(20)10-8-14/h2-10H,11-13H2,1H3,(H,21,25). The van der Waals surface area contributed by atoms with Gasteiger partial charge in [-0.2, -0.15) is 0 Å². The van der Waals surface area contributed by atoms with E-state index in [0.717, 1.165) is 17.1 Å². The quantitative estimate of drug-likeness (QED) is 0.694. The van der Waals surface area contributed by atoms with Crippen molar-refractivity contribution in [3.8, 4) is 0 Å². The van der Waals surface area contributed by atoms with Gasteiger partial charge in [0.05, 0.1) is 6.54 Å². The molecule has 3 aromatic rings. The van der Waals surface area contributed by atoms with Crippen LogP contribution in [0.5, 0.6) is 0 Å². The lowest BCUT2D eigenvalue weighted by Crippen LogP contribution is -2.22. The molecule has 0 fully saturated rings. The summed E-state index contributed by atoms with van der Waals surface area (Å²) in [5.41, 5.74) is 2.05. The minimum absolute atomic E-state index is 0.274. The first-order valence-corrected chi connectivity index (χ1v) is 8.99. The van der Waals surface area contributed by atoms with Crippen molar-refractivity contribution in [1.82, 2.24) is 20.4 Å². The smallest absolute Gasteiger partial charge is 0.282 e. The zero-order chi connectivity index (χ0) is 18.4. The number of amides is 1. The third-order valence-electron chi connectivity index (χ3n) is 3.73. The third-order valence-corrected chi connectivity index (χ3v) is 4.63. The molecule has 1 N–H and O–H groups in total. The van der Waals surface area contributed by atoms with Crippen LogP contribution in [0.1, 0.15) is 25.9 Å². The monoisotopic (exact) mass is 370 g/mol. The maximum atomic E-state index is 12.9. The molecule has 0 unspecified atom stereocenters. The molecule has 26 heavy (non-hydrogen) atoms. The van der Waals surface area contributed by atoms with Crippen LogP contribution in [-0.2, 0) is 19.6 Å². The largest absolute Gasteiger partial charge is 0.346 e. The highest BCUT2D eigenvalue weighted by Gasteiger charge is 2.14. The Hall–Kier alpha value is -2.64. The molecule has 0 aliphatic carbocycles. The van der Waals surface area contributed by atoms with Crippen molar-refractivity contribution in [2.24, 2.45) is 0 Å². The number of halogens is 1. The third kappa shape index (κ3) is 5.18. The van der Waals surface area contributed by atoms with E-state index >= 15 is 0 Å². The molecule has 7 heteroatoms. The van der Waals surface area contributed by atoms with E-state index in [4.69, 9.17) is 0 Å². The molecule has 1 heterocycles. The molecule has 0 saturated heterocycles. The summed E-state index contributed by atoms with van der Waals surface area (Å²) in [5.74, 6) is -0.572. The van der Waals surface area contributed by atoms with Crippen LogP contribution in [0.25, 0.3) is 0 Å². The van der Waals surface area contributed by atoms with Crippen LogP contribution in [0, 0.1) is 5.82 Å². The zero-order valence-corrected chi connectivity index (χ0v) is 15.2. The molecule has 1 aromatic heterocycles. The summed E-state index contributed by atoms with van der Waals surface area (Å²) < 4.78 is 12.9. The molecule has 2 aromatic carbocycles. The van der Waals surface area contributed by atoms with Crippen LogP contribution in [-0.4, -0.2) is 28.1 Å². The van der Waals surface area contributed by atoms with Gasteiger partial charge < -0.3 is 5.32 Å². The number of hydrogen-bond donors (Lipinski definition) is 1. The highest BCUT2D eigenvalue weighted by Crippen LogP contribution is 2.13. The fourth-order valence-electron chi connectivity index (χ4n) is 2.45. The highest BCUT2D eigenvalue weighted by atomic mass is 32.1. The lowest BCUT2D eigenvalue weighted by atomic mass is 10.2. The summed E-state index contributed by atoms with van der Waals surface area (Å²) in [7, 11) is 2.00. The predicted octanol–water partition coefficient (Wildman–Crippen LogP) is 3.24. The van der Waals surface area contributed by atoms with Gasteiger partial charge in [-0.15, -0.1) is 10.2 Å². The van der Waals surface area contributed by atoms with Gasteiger partial charge >= 0.3 is 0 Å². The number of carbonyl (C=O) groups excluding carboxylic acids is 1. The molecule has 134 valence electrons.